The Balaban J connectivity index is 1.89. The summed E-state index contributed by atoms with van der Waals surface area (Å²) in [6.07, 6.45) is 0. The minimum Gasteiger partial charge on any atom is -0.497 e. The van der Waals surface area contributed by atoms with Gasteiger partial charge in [0.2, 0.25) is 15.9 Å². The van der Waals surface area contributed by atoms with E-state index in [1.165, 1.54) is 19.2 Å². The van der Waals surface area contributed by atoms with Crippen LogP contribution >= 0.6 is 0 Å². The van der Waals surface area contributed by atoms with E-state index in [9.17, 15) is 18.0 Å². The maximum atomic E-state index is 12.5. The lowest BCUT2D eigenvalue weighted by Crippen LogP contribution is -2.33. The second-order valence-electron chi connectivity index (χ2n) is 6.95. The first-order chi connectivity index (χ1) is 12.6. The molecule has 7 nitrogen and oxygen atoms in total. The van der Waals surface area contributed by atoms with Crippen molar-refractivity contribution in [1.82, 2.24) is 0 Å². The number of anilines is 2. The fourth-order valence-corrected chi connectivity index (χ4v) is 5.04. The summed E-state index contributed by atoms with van der Waals surface area (Å²) in [6.45, 7) is 3.18. The first kappa shape index (κ1) is 18.9. The maximum absolute atomic E-state index is 12.5. The zero-order chi connectivity index (χ0) is 19.8. The van der Waals surface area contributed by atoms with Gasteiger partial charge in [-0.2, -0.15) is 0 Å². The molecule has 142 valence electrons. The van der Waals surface area contributed by atoms with E-state index < -0.39 is 27.3 Å². The summed E-state index contributed by atoms with van der Waals surface area (Å²) >= 11 is 0. The second-order valence-corrected chi connectivity index (χ2v) is 8.76. The lowest BCUT2D eigenvalue weighted by atomic mass is 9.95. The number of hydrogen-bond acceptors (Lipinski definition) is 5. The number of benzene rings is 2. The molecular formula is C19H20N2O5S. The summed E-state index contributed by atoms with van der Waals surface area (Å²) in [7, 11) is -2.24. The number of hydrogen-bond donors (Lipinski definition) is 1. The Morgan fingerprint density at radius 3 is 2.48 bits per heavy atom. The van der Waals surface area contributed by atoms with Crippen molar-refractivity contribution in [2.45, 2.75) is 13.8 Å². The van der Waals surface area contributed by atoms with Gasteiger partial charge in [-0.15, -0.1) is 0 Å². The molecule has 1 aliphatic heterocycles. The topological polar surface area (TPSA) is 92.8 Å². The number of nitrogens with zero attached hydrogens (tertiary/aromatic N) is 1. The van der Waals surface area contributed by atoms with Crippen LogP contribution in [0.1, 0.15) is 24.2 Å². The largest absolute Gasteiger partial charge is 0.497 e. The lowest BCUT2D eigenvalue weighted by molar-refractivity contribution is -0.123. The average Bonchev–Trinajstić information content (AvgIpc) is 2.78. The number of ether oxygens (including phenoxy) is 1. The van der Waals surface area contributed by atoms with E-state index >= 15 is 0 Å². The van der Waals surface area contributed by atoms with E-state index in [1.54, 1.807) is 50.2 Å². The van der Waals surface area contributed by atoms with Crippen LogP contribution in [0, 0.1) is 5.41 Å². The number of carbonyl (C=O) groups is 2. The molecule has 2 aromatic rings. The van der Waals surface area contributed by atoms with Crippen molar-refractivity contribution >= 4 is 33.2 Å². The molecule has 0 aromatic heterocycles. The van der Waals surface area contributed by atoms with Crippen LogP contribution in [0.5, 0.6) is 5.75 Å². The molecule has 0 bridgehead atoms. The number of methoxy groups -OCH3 is 1. The predicted octanol–water partition coefficient (Wildman–Crippen LogP) is 2.65. The molecule has 27 heavy (non-hydrogen) atoms. The maximum Gasteiger partial charge on any atom is 0.255 e. The molecular weight excluding hydrogens is 368 g/mol. The van der Waals surface area contributed by atoms with Crippen LogP contribution in [0.2, 0.25) is 0 Å². The molecule has 0 atom stereocenters. The molecule has 2 aromatic carbocycles. The molecule has 1 heterocycles. The molecule has 0 spiro atoms. The van der Waals surface area contributed by atoms with Gasteiger partial charge in [-0.25, -0.2) is 12.7 Å². The summed E-state index contributed by atoms with van der Waals surface area (Å²) in [6, 6.07) is 12.9. The van der Waals surface area contributed by atoms with Gasteiger partial charge >= 0.3 is 0 Å². The SMILES string of the molecule is COc1cccc(NC(=O)c2cccc(N3C(=O)C(C)(C)CS3(=O)=O)c2)c1. The first-order valence-corrected chi connectivity index (χ1v) is 9.88. The van der Waals surface area contributed by atoms with E-state index in [0.29, 0.717) is 11.4 Å². The van der Waals surface area contributed by atoms with E-state index in [4.69, 9.17) is 4.74 Å². The van der Waals surface area contributed by atoms with E-state index in [-0.39, 0.29) is 17.0 Å². The van der Waals surface area contributed by atoms with E-state index in [2.05, 4.69) is 5.32 Å². The zero-order valence-corrected chi connectivity index (χ0v) is 16.0. The molecule has 8 heteroatoms. The van der Waals surface area contributed by atoms with Crippen LogP contribution in [0.3, 0.4) is 0 Å². The number of nitrogens with one attached hydrogen (secondary N) is 1. The van der Waals surface area contributed by atoms with Crippen LogP contribution < -0.4 is 14.4 Å². The minimum absolute atomic E-state index is 0.156. The van der Waals surface area contributed by atoms with Gasteiger partial charge in [0.1, 0.15) is 5.75 Å². The number of carbonyl (C=O) groups excluding carboxylic acids is 2. The number of rotatable bonds is 4. The Hall–Kier alpha value is -2.87. The Labute approximate surface area is 158 Å². The lowest BCUT2D eigenvalue weighted by Gasteiger charge is -2.18. The summed E-state index contributed by atoms with van der Waals surface area (Å²) < 4.78 is 30.8. The van der Waals surface area contributed by atoms with Crippen molar-refractivity contribution in [3.63, 3.8) is 0 Å². The minimum atomic E-state index is -3.77. The zero-order valence-electron chi connectivity index (χ0n) is 15.2. The van der Waals surface area contributed by atoms with Crippen molar-refractivity contribution in [2.75, 3.05) is 22.5 Å². The summed E-state index contributed by atoms with van der Waals surface area (Å²) in [4.78, 5) is 25.1. The van der Waals surface area contributed by atoms with Crippen LogP contribution in [0.25, 0.3) is 0 Å². The fraction of sp³-hybridized carbons (Fsp3) is 0.263. The third-order valence-electron chi connectivity index (χ3n) is 4.26. The summed E-state index contributed by atoms with van der Waals surface area (Å²) in [5.74, 6) is -0.599. The van der Waals surface area contributed by atoms with Gasteiger partial charge in [0.15, 0.2) is 0 Å². The third kappa shape index (κ3) is 3.66. The van der Waals surface area contributed by atoms with E-state index in [0.717, 1.165) is 4.31 Å². The normalized spacial score (nSPS) is 17.6. The molecule has 0 saturated carbocycles. The van der Waals surface area contributed by atoms with Gasteiger partial charge in [-0.3, -0.25) is 9.59 Å². The van der Waals surface area contributed by atoms with Crippen molar-refractivity contribution in [3.05, 3.63) is 54.1 Å². The smallest absolute Gasteiger partial charge is 0.255 e. The van der Waals surface area contributed by atoms with Gasteiger partial charge < -0.3 is 10.1 Å². The fourth-order valence-electron chi connectivity index (χ4n) is 2.94. The number of amides is 2. The molecule has 1 fully saturated rings. The van der Waals surface area contributed by atoms with Crippen molar-refractivity contribution < 1.29 is 22.7 Å². The molecule has 2 amide bonds. The van der Waals surface area contributed by atoms with Gasteiger partial charge in [0.05, 0.1) is 24.0 Å². The predicted molar refractivity (Wildman–Crippen MR) is 102 cm³/mol. The Morgan fingerprint density at radius 1 is 1.15 bits per heavy atom. The first-order valence-electron chi connectivity index (χ1n) is 8.27. The Kier molecular flexibility index (Phi) is 4.69. The van der Waals surface area contributed by atoms with Crippen molar-refractivity contribution in [1.29, 1.82) is 0 Å². The average molecular weight is 388 g/mol. The van der Waals surface area contributed by atoms with E-state index in [1.807, 2.05) is 0 Å². The Morgan fingerprint density at radius 2 is 1.85 bits per heavy atom. The standard InChI is InChI=1S/C19H20N2O5S/c1-19(2)12-27(24,25)21(18(19)23)15-8-4-6-13(10-15)17(22)20-14-7-5-9-16(11-14)26-3/h4-11H,12H2,1-3H3,(H,20,22). The van der Waals surface area contributed by atoms with Gasteiger partial charge in [0.25, 0.3) is 5.91 Å². The van der Waals surface area contributed by atoms with Crippen molar-refractivity contribution in [3.8, 4) is 5.75 Å². The molecule has 0 unspecified atom stereocenters. The quantitative estimate of drug-likeness (QED) is 0.869. The second kappa shape index (κ2) is 6.70. The molecule has 3 rings (SSSR count). The molecule has 0 radical (unpaired) electrons. The monoisotopic (exact) mass is 388 g/mol. The highest BCUT2D eigenvalue weighted by Gasteiger charge is 2.49. The van der Waals surface area contributed by atoms with Crippen LogP contribution in [-0.2, 0) is 14.8 Å². The number of sulfonamides is 1. The highest BCUT2D eigenvalue weighted by Crippen LogP contribution is 2.36. The van der Waals surface area contributed by atoms with Crippen LogP contribution in [-0.4, -0.2) is 33.1 Å². The third-order valence-corrected chi connectivity index (χ3v) is 6.27. The van der Waals surface area contributed by atoms with Crippen LogP contribution in [0.15, 0.2) is 48.5 Å². The van der Waals surface area contributed by atoms with Gasteiger partial charge in [-0.05, 0) is 44.2 Å². The van der Waals surface area contributed by atoms with Gasteiger partial charge in [-0.1, -0.05) is 12.1 Å². The highest BCUT2D eigenvalue weighted by molar-refractivity contribution is 7.94. The molecule has 1 aliphatic rings. The summed E-state index contributed by atoms with van der Waals surface area (Å²) in [5, 5.41) is 2.73. The Bertz CT molecular complexity index is 1010. The summed E-state index contributed by atoms with van der Waals surface area (Å²) in [5.41, 5.74) is -0.0693. The highest BCUT2D eigenvalue weighted by atomic mass is 32.2. The molecule has 1 saturated heterocycles. The molecule has 1 N–H and O–H groups in total. The van der Waals surface area contributed by atoms with Gasteiger partial charge in [0, 0.05) is 17.3 Å². The van der Waals surface area contributed by atoms with Crippen molar-refractivity contribution in [2.24, 2.45) is 5.41 Å². The molecule has 0 aliphatic carbocycles. The van der Waals surface area contributed by atoms with Crippen LogP contribution in [0.4, 0.5) is 11.4 Å².